The van der Waals surface area contributed by atoms with E-state index in [2.05, 4.69) is 21.7 Å². The number of halogens is 2. The van der Waals surface area contributed by atoms with Gasteiger partial charge in [-0.25, -0.2) is 4.39 Å². The van der Waals surface area contributed by atoms with Gasteiger partial charge in [-0.15, -0.1) is 11.3 Å². The second-order valence-electron chi connectivity index (χ2n) is 5.94. The molecule has 1 aromatic heterocycles. The lowest BCUT2D eigenvalue weighted by atomic mass is 10.2. The van der Waals surface area contributed by atoms with E-state index in [1.165, 1.54) is 29.9 Å². The Labute approximate surface area is 155 Å². The van der Waals surface area contributed by atoms with Gasteiger partial charge in [0, 0.05) is 11.4 Å². The number of rotatable bonds is 7. The summed E-state index contributed by atoms with van der Waals surface area (Å²) in [5, 5.41) is 5.14. The molecule has 1 aromatic carbocycles. The summed E-state index contributed by atoms with van der Waals surface area (Å²) >= 11 is 7.60. The standard InChI is InChI=1S/C18H20ClFN2O2S/c19-14-10-13(20)5-6-16(14)24-12-18(23)21-11-15(17-4-3-9-25-17)22-7-1-2-8-22/h3-6,9-10,15H,1-2,7-8,11-12H2,(H,21,23). The van der Waals surface area contributed by atoms with Crippen LogP contribution in [-0.2, 0) is 4.79 Å². The van der Waals surface area contributed by atoms with Gasteiger partial charge in [0.15, 0.2) is 6.61 Å². The number of thiophene rings is 1. The van der Waals surface area contributed by atoms with Crippen molar-refractivity contribution in [3.63, 3.8) is 0 Å². The lowest BCUT2D eigenvalue weighted by Gasteiger charge is -2.26. The molecule has 0 aliphatic carbocycles. The number of carbonyl (C=O) groups excluding carboxylic acids is 1. The predicted octanol–water partition coefficient (Wildman–Crippen LogP) is 3.87. The molecule has 1 saturated heterocycles. The van der Waals surface area contributed by atoms with Crippen LogP contribution in [0.1, 0.15) is 23.8 Å². The minimum atomic E-state index is -0.439. The van der Waals surface area contributed by atoms with Crippen molar-refractivity contribution in [3.05, 3.63) is 51.4 Å². The van der Waals surface area contributed by atoms with Crippen LogP contribution in [-0.4, -0.2) is 37.0 Å². The van der Waals surface area contributed by atoms with Gasteiger partial charge in [0.25, 0.3) is 5.91 Å². The maximum atomic E-state index is 13.0. The summed E-state index contributed by atoms with van der Waals surface area (Å²) in [6.07, 6.45) is 2.39. The molecule has 1 amide bonds. The Morgan fingerprint density at radius 1 is 1.36 bits per heavy atom. The van der Waals surface area contributed by atoms with Crippen LogP contribution in [0.25, 0.3) is 0 Å². The first-order valence-electron chi connectivity index (χ1n) is 8.25. The molecule has 0 radical (unpaired) electrons. The van der Waals surface area contributed by atoms with Crippen LogP contribution in [0.2, 0.25) is 5.02 Å². The number of hydrogen-bond acceptors (Lipinski definition) is 4. The molecule has 3 rings (SSSR count). The Morgan fingerprint density at radius 2 is 2.16 bits per heavy atom. The third-order valence-corrected chi connectivity index (χ3v) is 5.47. The molecule has 1 fully saturated rings. The lowest BCUT2D eigenvalue weighted by molar-refractivity contribution is -0.123. The smallest absolute Gasteiger partial charge is 0.258 e. The summed E-state index contributed by atoms with van der Waals surface area (Å²) in [5.74, 6) is -0.361. The molecule has 0 bridgehead atoms. The highest BCUT2D eigenvalue weighted by atomic mass is 35.5. The number of benzene rings is 1. The van der Waals surface area contributed by atoms with Gasteiger partial charge < -0.3 is 10.1 Å². The SMILES string of the molecule is O=C(COc1ccc(F)cc1Cl)NCC(c1cccs1)N1CCCC1. The van der Waals surface area contributed by atoms with E-state index in [9.17, 15) is 9.18 Å². The van der Waals surface area contributed by atoms with Crippen molar-refractivity contribution in [2.45, 2.75) is 18.9 Å². The fourth-order valence-corrected chi connectivity index (χ4v) is 4.02. The molecule has 4 nitrogen and oxygen atoms in total. The second-order valence-corrected chi connectivity index (χ2v) is 7.33. The van der Waals surface area contributed by atoms with E-state index in [1.807, 2.05) is 6.07 Å². The van der Waals surface area contributed by atoms with Crippen LogP contribution in [0, 0.1) is 5.82 Å². The van der Waals surface area contributed by atoms with Gasteiger partial charge in [-0.2, -0.15) is 0 Å². The number of nitrogens with one attached hydrogen (secondary N) is 1. The first-order valence-corrected chi connectivity index (χ1v) is 9.51. The zero-order valence-corrected chi connectivity index (χ0v) is 15.3. The Morgan fingerprint density at radius 3 is 2.84 bits per heavy atom. The third-order valence-electron chi connectivity index (χ3n) is 4.20. The van der Waals surface area contributed by atoms with Crippen LogP contribution < -0.4 is 10.1 Å². The molecule has 0 saturated carbocycles. The zero-order chi connectivity index (χ0) is 17.6. The molecule has 1 atom stereocenters. The van der Waals surface area contributed by atoms with E-state index < -0.39 is 5.82 Å². The molecule has 1 N–H and O–H groups in total. The van der Waals surface area contributed by atoms with Gasteiger partial charge in [-0.3, -0.25) is 9.69 Å². The molecular formula is C18H20ClFN2O2S. The normalized spacial score (nSPS) is 15.9. The Balaban J connectivity index is 1.53. The molecule has 1 unspecified atom stereocenters. The maximum absolute atomic E-state index is 13.0. The van der Waals surface area contributed by atoms with Crippen LogP contribution in [0.15, 0.2) is 35.7 Å². The van der Waals surface area contributed by atoms with Crippen LogP contribution in [0.4, 0.5) is 4.39 Å². The van der Waals surface area contributed by atoms with Gasteiger partial charge in [0.2, 0.25) is 0 Å². The summed E-state index contributed by atoms with van der Waals surface area (Å²) in [6.45, 7) is 2.50. The van der Waals surface area contributed by atoms with Gasteiger partial charge in [0.1, 0.15) is 11.6 Å². The highest BCUT2D eigenvalue weighted by molar-refractivity contribution is 7.10. The van der Waals surface area contributed by atoms with Crippen molar-refractivity contribution >= 4 is 28.8 Å². The van der Waals surface area contributed by atoms with Crippen molar-refractivity contribution in [1.82, 2.24) is 10.2 Å². The molecule has 2 heterocycles. The van der Waals surface area contributed by atoms with Crippen molar-refractivity contribution in [2.75, 3.05) is 26.2 Å². The van der Waals surface area contributed by atoms with Gasteiger partial charge >= 0.3 is 0 Å². The molecule has 0 spiro atoms. The Kier molecular flexibility index (Phi) is 6.29. The van der Waals surface area contributed by atoms with Crippen LogP contribution in [0.5, 0.6) is 5.75 Å². The van der Waals surface area contributed by atoms with Gasteiger partial charge in [-0.1, -0.05) is 17.7 Å². The monoisotopic (exact) mass is 382 g/mol. The van der Waals surface area contributed by atoms with E-state index >= 15 is 0 Å². The minimum Gasteiger partial charge on any atom is -0.482 e. The first kappa shape index (κ1) is 18.2. The number of likely N-dealkylation sites (tertiary alicyclic amines) is 1. The van der Waals surface area contributed by atoms with Crippen molar-refractivity contribution in [3.8, 4) is 5.75 Å². The zero-order valence-electron chi connectivity index (χ0n) is 13.7. The lowest BCUT2D eigenvalue weighted by Crippen LogP contribution is -2.38. The summed E-state index contributed by atoms with van der Waals surface area (Å²) in [5.41, 5.74) is 0. The van der Waals surface area contributed by atoms with E-state index in [1.54, 1.807) is 11.3 Å². The second kappa shape index (κ2) is 8.65. The number of hydrogen-bond donors (Lipinski definition) is 1. The van der Waals surface area contributed by atoms with E-state index in [0.717, 1.165) is 19.2 Å². The van der Waals surface area contributed by atoms with Crippen molar-refractivity contribution < 1.29 is 13.9 Å². The van der Waals surface area contributed by atoms with Crippen molar-refractivity contribution in [1.29, 1.82) is 0 Å². The minimum absolute atomic E-state index is 0.150. The number of amides is 1. The highest BCUT2D eigenvalue weighted by Crippen LogP contribution is 2.28. The maximum Gasteiger partial charge on any atom is 0.258 e. The fraction of sp³-hybridized carbons (Fsp3) is 0.389. The molecule has 25 heavy (non-hydrogen) atoms. The van der Waals surface area contributed by atoms with E-state index in [-0.39, 0.29) is 23.6 Å². The number of ether oxygens (including phenoxy) is 1. The van der Waals surface area contributed by atoms with E-state index in [4.69, 9.17) is 16.3 Å². The average Bonchev–Trinajstić information content (AvgIpc) is 3.28. The average molecular weight is 383 g/mol. The largest absolute Gasteiger partial charge is 0.482 e. The first-order chi connectivity index (χ1) is 12.1. The topological polar surface area (TPSA) is 41.6 Å². The summed E-state index contributed by atoms with van der Waals surface area (Å²) < 4.78 is 18.4. The van der Waals surface area contributed by atoms with Gasteiger partial charge in [0.05, 0.1) is 11.1 Å². The van der Waals surface area contributed by atoms with Crippen LogP contribution >= 0.6 is 22.9 Å². The molecule has 134 valence electrons. The Hall–Kier alpha value is -1.63. The van der Waals surface area contributed by atoms with Crippen LogP contribution in [0.3, 0.4) is 0 Å². The molecule has 1 aliphatic heterocycles. The van der Waals surface area contributed by atoms with Crippen molar-refractivity contribution in [2.24, 2.45) is 0 Å². The highest BCUT2D eigenvalue weighted by Gasteiger charge is 2.24. The molecule has 1 aliphatic rings. The molecular weight excluding hydrogens is 363 g/mol. The predicted molar refractivity (Wildman–Crippen MR) is 97.8 cm³/mol. The van der Waals surface area contributed by atoms with Gasteiger partial charge in [-0.05, 0) is 55.6 Å². The number of carbonyl (C=O) groups is 1. The summed E-state index contributed by atoms with van der Waals surface area (Å²) in [6, 6.07) is 8.16. The molecule has 2 aromatic rings. The third kappa shape index (κ3) is 4.93. The summed E-state index contributed by atoms with van der Waals surface area (Å²) in [7, 11) is 0. The molecule has 7 heteroatoms. The summed E-state index contributed by atoms with van der Waals surface area (Å²) in [4.78, 5) is 15.8. The van der Waals surface area contributed by atoms with E-state index in [0.29, 0.717) is 12.3 Å². The Bertz CT molecular complexity index is 705. The number of nitrogens with zero attached hydrogens (tertiary/aromatic N) is 1. The quantitative estimate of drug-likeness (QED) is 0.790. The fourth-order valence-electron chi connectivity index (χ4n) is 2.94.